The number of anilines is 12. The lowest BCUT2D eigenvalue weighted by molar-refractivity contribution is 0.477. The van der Waals surface area contributed by atoms with Crippen LogP contribution in [0.5, 0.6) is 46.0 Å². The zero-order chi connectivity index (χ0) is 96.5. The van der Waals surface area contributed by atoms with E-state index in [4.69, 9.17) is 48.5 Å². The van der Waals surface area contributed by atoms with Crippen LogP contribution < -0.4 is 38.5 Å². The minimum atomic E-state index is 0.458. The first-order valence-electron chi connectivity index (χ1n) is 48.3. The van der Waals surface area contributed by atoms with Gasteiger partial charge >= 0.3 is 0 Å². The lowest BCUT2D eigenvalue weighted by Gasteiger charge is -2.32. The van der Waals surface area contributed by atoms with Gasteiger partial charge in [-0.2, -0.15) is 9.97 Å². The van der Waals surface area contributed by atoms with Crippen LogP contribution in [0.3, 0.4) is 0 Å². The van der Waals surface area contributed by atoms with Gasteiger partial charge in [-0.05, 0) is 266 Å². The fraction of sp³-hybridized carbons (Fsp3) is 0. The third kappa shape index (κ3) is 15.2. The maximum atomic E-state index is 6.23. The molecule has 0 aliphatic carbocycles. The second-order valence-corrected chi connectivity index (χ2v) is 35.6. The Balaban J connectivity index is 0.000000109. The predicted octanol–water partition coefficient (Wildman–Crippen LogP) is 33.4. The van der Waals surface area contributed by atoms with Crippen LogP contribution in [0.25, 0.3) is 141 Å². The molecule has 19 nitrogen and oxygen atoms in total. The number of nitrogens with zero attached hydrogens (tertiary/aromatic N) is 14. The van der Waals surface area contributed by atoms with Crippen LogP contribution in [-0.4, -0.2) is 49.0 Å². The van der Waals surface area contributed by atoms with Crippen molar-refractivity contribution < 1.29 is 23.4 Å². The molecule has 25 aromatic rings. The highest BCUT2D eigenvalue weighted by atomic mass is 16.5. The number of benzene rings is 20. The number of fused-ring (bicyclic) bond motifs is 14. The van der Waals surface area contributed by atoms with Crippen molar-refractivity contribution in [2.75, 3.05) is 19.6 Å². The molecule has 0 fully saturated rings. The Hall–Kier alpha value is -20.3. The first kappa shape index (κ1) is 84.9. The summed E-state index contributed by atoms with van der Waals surface area (Å²) in [6.45, 7) is 0. The topological polar surface area (TPSA) is 168 Å². The van der Waals surface area contributed by atoms with Crippen LogP contribution in [-0.2, 0) is 0 Å². The number of hydrogen-bond acceptors (Lipinski definition) is 16. The molecule has 0 saturated carbocycles. The van der Waals surface area contributed by atoms with Gasteiger partial charge in [0, 0.05) is 89.0 Å². The number of hydrogen-bond donors (Lipinski definition) is 0. The number of ether oxygens (including phenoxy) is 4. The highest BCUT2D eigenvalue weighted by molar-refractivity contribution is 6.13. The summed E-state index contributed by atoms with van der Waals surface area (Å²) in [5.41, 5.74) is 26.4. The molecule has 146 heavy (non-hydrogen) atoms. The molecule has 0 spiro atoms. The summed E-state index contributed by atoms with van der Waals surface area (Å²) in [7, 11) is 0. The Morgan fingerprint density at radius 1 is 0.164 bits per heavy atom. The number of para-hydroxylation sites is 20. The van der Waals surface area contributed by atoms with E-state index in [9.17, 15) is 0 Å². The standard InChI is InChI=1S/C45H29N5.C44H29N5O2.C38H24N4O3/c1-4-14-30(15-5-1)43-46-44(31-16-6-2-7-17-31)48-45(47-43)50-40-23-13-11-21-36(40)38-29-33(25-27-42(38)50)32-24-26-41-37(28-32)35-20-10-12-22-39(35)49(41)34-18-8-3-9-19-34;1-2-12-32(13-3-1)49-43(30-22-26-33(27-23-30)47-35-14-4-8-18-39(35)50-40-19-9-5-15-36(40)47)45-46-44(49)31-24-28-34(29-25-31)48-37-16-6-10-20-41(37)51-42-21-11-7-17-38(42)48;1-5-13-33-29(9-1)41(30-10-2-6-14-34(30)43-33)27-21-17-25(18-22-27)37-39-40-38(45-37)26-19-23-28(24-20-26)42-31-11-3-7-15-35(31)44-36-16-8-4-12-32(36)42/h1-29H;1-29H;1-24H. The number of rotatable bonds is 14. The molecule has 0 unspecified atom stereocenters. The van der Waals surface area contributed by atoms with Crippen molar-refractivity contribution in [2.24, 2.45) is 0 Å². The zero-order valence-electron chi connectivity index (χ0n) is 78.1. The lowest BCUT2D eigenvalue weighted by Crippen LogP contribution is -2.15. The van der Waals surface area contributed by atoms with E-state index in [0.717, 1.165) is 198 Å². The first-order chi connectivity index (χ1) is 72.4. The molecule has 9 heterocycles. The van der Waals surface area contributed by atoms with Crippen LogP contribution >= 0.6 is 0 Å². The summed E-state index contributed by atoms with van der Waals surface area (Å²) in [6, 6.07) is 170. The van der Waals surface area contributed by atoms with Crippen LogP contribution in [0.2, 0.25) is 0 Å². The van der Waals surface area contributed by atoms with Crippen molar-refractivity contribution in [3.63, 3.8) is 0 Å². The van der Waals surface area contributed by atoms with E-state index in [1.54, 1.807) is 0 Å². The average molecular weight is 1880 g/mol. The Labute approximate surface area is 838 Å². The van der Waals surface area contributed by atoms with E-state index in [1.165, 1.54) is 27.4 Å². The quantitative estimate of drug-likeness (QED) is 0.101. The third-order valence-electron chi connectivity index (χ3n) is 26.9. The van der Waals surface area contributed by atoms with Crippen molar-refractivity contribution in [3.05, 3.63) is 497 Å². The Bertz CT molecular complexity index is 8730. The average Bonchev–Trinajstić information content (AvgIpc) is 1.67. The van der Waals surface area contributed by atoms with Gasteiger partial charge in [-0.1, -0.05) is 243 Å². The largest absolute Gasteiger partial charge is 0.453 e. The van der Waals surface area contributed by atoms with Gasteiger partial charge in [0.2, 0.25) is 17.7 Å². The molecule has 0 radical (unpaired) electrons. The van der Waals surface area contributed by atoms with Crippen molar-refractivity contribution in [2.45, 2.75) is 0 Å². The first-order valence-corrected chi connectivity index (χ1v) is 48.3. The van der Waals surface area contributed by atoms with E-state index in [2.05, 4.69) is 292 Å². The highest BCUT2D eigenvalue weighted by Crippen LogP contribution is 2.56. The molecule has 690 valence electrons. The van der Waals surface area contributed by atoms with Crippen molar-refractivity contribution in [1.82, 2.24) is 49.0 Å². The summed E-state index contributed by atoms with van der Waals surface area (Å²) in [4.78, 5) is 24.0. The summed E-state index contributed by atoms with van der Waals surface area (Å²) < 4.78 is 37.6. The van der Waals surface area contributed by atoms with E-state index < -0.39 is 0 Å². The monoisotopic (exact) mass is 1880 g/mol. The smallest absolute Gasteiger partial charge is 0.248 e. The van der Waals surface area contributed by atoms with Gasteiger partial charge in [0.05, 0.1) is 67.6 Å². The highest BCUT2D eigenvalue weighted by Gasteiger charge is 2.33. The summed E-state index contributed by atoms with van der Waals surface area (Å²) in [5.74, 6) is 10.8. The normalized spacial score (nSPS) is 12.3. The molecule has 0 amide bonds. The van der Waals surface area contributed by atoms with E-state index >= 15 is 0 Å². The molecule has 5 aromatic heterocycles. The van der Waals surface area contributed by atoms with E-state index in [-0.39, 0.29) is 0 Å². The molecule has 20 aromatic carbocycles. The molecule has 0 N–H and O–H groups in total. The molecule has 0 atom stereocenters. The molecule has 0 bridgehead atoms. The lowest BCUT2D eigenvalue weighted by atomic mass is 10.0. The SMILES string of the molecule is c1ccc(-c2nc(-c3ccccc3)nc(-n3c4ccccc4c4cc(-c5ccc6c(c5)c5ccccc5n6-c5ccccc5)ccc43)n2)cc1.c1ccc(-n2c(-c3ccc(N4c5ccccc5Oc5ccccc54)cc3)nnc2-c2ccc(N3c4ccccc4Oc4ccccc43)cc2)cc1.c1ccc2c(c1)Oc1ccccc1N2c1ccc(-c2nnc(-c3ccc(N4c5ccccc5Oc5ccccc54)cc3)o2)cc1. The summed E-state index contributed by atoms with van der Waals surface area (Å²) >= 11 is 0. The Kier molecular flexibility index (Phi) is 21.0. The van der Waals surface area contributed by atoms with Crippen molar-refractivity contribution in [3.8, 4) is 143 Å². The minimum Gasteiger partial charge on any atom is -0.453 e. The maximum Gasteiger partial charge on any atom is 0.248 e. The third-order valence-corrected chi connectivity index (χ3v) is 26.9. The predicted molar refractivity (Wildman–Crippen MR) is 581 cm³/mol. The number of aromatic nitrogens is 10. The van der Waals surface area contributed by atoms with Gasteiger partial charge in [-0.25, -0.2) is 4.98 Å². The van der Waals surface area contributed by atoms with Crippen LogP contribution in [0.15, 0.2) is 502 Å². The summed E-state index contributed by atoms with van der Waals surface area (Å²) in [5, 5.41) is 23.1. The molecule has 0 saturated heterocycles. The van der Waals surface area contributed by atoms with Crippen LogP contribution in [0.1, 0.15) is 0 Å². The Morgan fingerprint density at radius 2 is 0.418 bits per heavy atom. The molecule has 4 aliphatic heterocycles. The second-order valence-electron chi connectivity index (χ2n) is 35.6. The van der Waals surface area contributed by atoms with Crippen LogP contribution in [0.4, 0.5) is 68.2 Å². The molecule has 19 heteroatoms. The minimum absolute atomic E-state index is 0.458. The maximum absolute atomic E-state index is 6.23. The Morgan fingerprint density at radius 3 is 0.747 bits per heavy atom. The molecule has 29 rings (SSSR count). The van der Waals surface area contributed by atoms with Crippen molar-refractivity contribution >= 4 is 112 Å². The molecular formula is C127H82N14O5. The van der Waals surface area contributed by atoms with Gasteiger partial charge in [-0.3, -0.25) is 9.13 Å². The van der Waals surface area contributed by atoms with E-state index in [1.807, 2.05) is 249 Å². The zero-order valence-corrected chi connectivity index (χ0v) is 78.1. The van der Waals surface area contributed by atoms with Gasteiger partial charge in [0.25, 0.3) is 0 Å². The van der Waals surface area contributed by atoms with Gasteiger partial charge in [0.15, 0.2) is 69.3 Å². The van der Waals surface area contributed by atoms with Crippen LogP contribution in [0, 0.1) is 0 Å². The van der Waals surface area contributed by atoms with Gasteiger partial charge < -0.3 is 47.5 Å². The van der Waals surface area contributed by atoms with Crippen molar-refractivity contribution in [1.29, 1.82) is 0 Å². The fourth-order valence-corrected chi connectivity index (χ4v) is 20.2. The second kappa shape index (κ2) is 36.2. The molecule has 4 aliphatic rings. The van der Waals surface area contributed by atoms with Gasteiger partial charge in [-0.15, -0.1) is 20.4 Å². The molecular weight excluding hydrogens is 1800 g/mol. The van der Waals surface area contributed by atoms with Gasteiger partial charge in [0.1, 0.15) is 0 Å². The summed E-state index contributed by atoms with van der Waals surface area (Å²) in [6.07, 6.45) is 0. The van der Waals surface area contributed by atoms with E-state index in [0.29, 0.717) is 29.4 Å². The fourth-order valence-electron chi connectivity index (χ4n) is 20.2.